The summed E-state index contributed by atoms with van der Waals surface area (Å²) in [5, 5.41) is 2.85. The lowest BCUT2D eigenvalue weighted by atomic mass is 10.2. The maximum Gasteiger partial charge on any atom is 0.244 e. The SMILES string of the molecule is CCCOc1ccc(/C=C/C(=O)NCC(C)C)cc1OCC. The fourth-order valence-electron chi connectivity index (χ4n) is 1.76. The third kappa shape index (κ3) is 6.66. The number of carbonyl (C=O) groups is 1. The van der Waals surface area contributed by atoms with Gasteiger partial charge in [-0.25, -0.2) is 0 Å². The Labute approximate surface area is 133 Å². The van der Waals surface area contributed by atoms with Crippen molar-refractivity contribution in [2.24, 2.45) is 5.92 Å². The largest absolute Gasteiger partial charge is 0.490 e. The van der Waals surface area contributed by atoms with E-state index in [1.165, 1.54) is 0 Å². The van der Waals surface area contributed by atoms with E-state index in [9.17, 15) is 4.79 Å². The second kappa shape index (κ2) is 9.87. The first-order chi connectivity index (χ1) is 10.6. The third-order valence-corrected chi connectivity index (χ3v) is 2.84. The molecule has 0 unspecified atom stereocenters. The fraction of sp³-hybridized carbons (Fsp3) is 0.500. The van der Waals surface area contributed by atoms with Crippen LogP contribution >= 0.6 is 0 Å². The molecule has 4 nitrogen and oxygen atoms in total. The average molecular weight is 305 g/mol. The third-order valence-electron chi connectivity index (χ3n) is 2.84. The summed E-state index contributed by atoms with van der Waals surface area (Å²) in [4.78, 5) is 11.7. The Hall–Kier alpha value is -1.97. The van der Waals surface area contributed by atoms with Gasteiger partial charge in [0.25, 0.3) is 0 Å². The van der Waals surface area contributed by atoms with Gasteiger partial charge in [0.05, 0.1) is 13.2 Å². The molecule has 0 bridgehead atoms. The summed E-state index contributed by atoms with van der Waals surface area (Å²) in [6, 6.07) is 5.69. The van der Waals surface area contributed by atoms with Gasteiger partial charge in [0.2, 0.25) is 5.91 Å². The molecule has 1 aromatic rings. The molecule has 0 aliphatic carbocycles. The van der Waals surface area contributed by atoms with Crippen LogP contribution in [0, 0.1) is 5.92 Å². The van der Waals surface area contributed by atoms with Crippen LogP contribution < -0.4 is 14.8 Å². The first-order valence-corrected chi connectivity index (χ1v) is 7.92. The van der Waals surface area contributed by atoms with Crippen LogP contribution in [0.25, 0.3) is 6.08 Å². The minimum Gasteiger partial charge on any atom is -0.490 e. The van der Waals surface area contributed by atoms with E-state index in [1.807, 2.05) is 25.1 Å². The van der Waals surface area contributed by atoms with Crippen molar-refractivity contribution in [1.82, 2.24) is 5.32 Å². The minimum atomic E-state index is -0.0852. The zero-order chi connectivity index (χ0) is 16.4. The molecule has 4 heteroatoms. The van der Waals surface area contributed by atoms with Crippen LogP contribution in [-0.4, -0.2) is 25.7 Å². The number of carbonyl (C=O) groups excluding carboxylic acids is 1. The van der Waals surface area contributed by atoms with Crippen molar-refractivity contribution in [2.45, 2.75) is 34.1 Å². The molecule has 0 radical (unpaired) electrons. The van der Waals surface area contributed by atoms with Gasteiger partial charge in [-0.1, -0.05) is 26.8 Å². The predicted octanol–water partition coefficient (Wildman–Crippen LogP) is 3.66. The molecule has 0 aromatic heterocycles. The monoisotopic (exact) mass is 305 g/mol. The molecule has 0 fully saturated rings. The Morgan fingerprint density at radius 2 is 2.00 bits per heavy atom. The van der Waals surface area contributed by atoms with Gasteiger partial charge in [0, 0.05) is 12.6 Å². The number of rotatable bonds is 9. The van der Waals surface area contributed by atoms with Crippen molar-refractivity contribution >= 4 is 12.0 Å². The first kappa shape index (κ1) is 18.1. The zero-order valence-corrected chi connectivity index (χ0v) is 14.0. The number of hydrogen-bond donors (Lipinski definition) is 1. The fourth-order valence-corrected chi connectivity index (χ4v) is 1.76. The van der Waals surface area contributed by atoms with E-state index in [4.69, 9.17) is 9.47 Å². The maximum absolute atomic E-state index is 11.7. The second-order valence-corrected chi connectivity index (χ2v) is 5.46. The quantitative estimate of drug-likeness (QED) is 0.708. The van der Waals surface area contributed by atoms with Crippen LogP contribution in [0.4, 0.5) is 0 Å². The molecular weight excluding hydrogens is 278 g/mol. The summed E-state index contributed by atoms with van der Waals surface area (Å²) < 4.78 is 11.3. The van der Waals surface area contributed by atoms with Gasteiger partial charge in [-0.05, 0) is 43.0 Å². The number of hydrogen-bond acceptors (Lipinski definition) is 3. The van der Waals surface area contributed by atoms with Crippen LogP contribution in [0.1, 0.15) is 39.7 Å². The Bertz CT molecular complexity index is 495. The first-order valence-electron chi connectivity index (χ1n) is 7.92. The van der Waals surface area contributed by atoms with Crippen molar-refractivity contribution < 1.29 is 14.3 Å². The van der Waals surface area contributed by atoms with Crippen LogP contribution in [0.5, 0.6) is 11.5 Å². The lowest BCUT2D eigenvalue weighted by molar-refractivity contribution is -0.116. The molecule has 122 valence electrons. The van der Waals surface area contributed by atoms with Crippen LogP contribution in [0.2, 0.25) is 0 Å². The van der Waals surface area contributed by atoms with E-state index in [-0.39, 0.29) is 5.91 Å². The minimum absolute atomic E-state index is 0.0852. The van der Waals surface area contributed by atoms with E-state index in [1.54, 1.807) is 12.2 Å². The molecule has 0 aliphatic heterocycles. The molecule has 1 rings (SSSR count). The van der Waals surface area contributed by atoms with Crippen LogP contribution in [-0.2, 0) is 4.79 Å². The molecule has 1 amide bonds. The normalized spacial score (nSPS) is 11.0. The van der Waals surface area contributed by atoms with Crippen molar-refractivity contribution in [3.8, 4) is 11.5 Å². The highest BCUT2D eigenvalue weighted by atomic mass is 16.5. The van der Waals surface area contributed by atoms with E-state index in [2.05, 4.69) is 26.1 Å². The van der Waals surface area contributed by atoms with Gasteiger partial charge in [-0.15, -0.1) is 0 Å². The highest BCUT2D eigenvalue weighted by Crippen LogP contribution is 2.29. The smallest absolute Gasteiger partial charge is 0.244 e. The maximum atomic E-state index is 11.7. The highest BCUT2D eigenvalue weighted by Gasteiger charge is 2.05. The molecule has 1 N–H and O–H groups in total. The lowest BCUT2D eigenvalue weighted by Gasteiger charge is -2.12. The van der Waals surface area contributed by atoms with Gasteiger partial charge in [0.15, 0.2) is 11.5 Å². The van der Waals surface area contributed by atoms with E-state index < -0.39 is 0 Å². The Morgan fingerprint density at radius 3 is 2.64 bits per heavy atom. The number of benzene rings is 1. The standard InChI is InChI=1S/C18H27NO3/c1-5-11-22-16-9-7-15(12-17(16)21-6-2)8-10-18(20)19-13-14(3)4/h7-10,12,14H,5-6,11,13H2,1-4H3,(H,19,20)/b10-8+. The van der Waals surface area contributed by atoms with Crippen molar-refractivity contribution in [3.05, 3.63) is 29.8 Å². The average Bonchev–Trinajstić information content (AvgIpc) is 2.50. The molecule has 0 heterocycles. The number of amides is 1. The summed E-state index contributed by atoms with van der Waals surface area (Å²) in [5.41, 5.74) is 0.909. The molecule has 1 aromatic carbocycles. The van der Waals surface area contributed by atoms with Crippen LogP contribution in [0.3, 0.4) is 0 Å². The molecule has 0 atom stereocenters. The predicted molar refractivity (Wildman–Crippen MR) is 90.3 cm³/mol. The van der Waals surface area contributed by atoms with Crippen LogP contribution in [0.15, 0.2) is 24.3 Å². The van der Waals surface area contributed by atoms with Crippen molar-refractivity contribution in [3.63, 3.8) is 0 Å². The summed E-state index contributed by atoms with van der Waals surface area (Å²) in [5.74, 6) is 1.81. The molecule has 0 spiro atoms. The van der Waals surface area contributed by atoms with Crippen molar-refractivity contribution in [1.29, 1.82) is 0 Å². The van der Waals surface area contributed by atoms with Gasteiger partial charge >= 0.3 is 0 Å². The molecule has 0 saturated heterocycles. The lowest BCUT2D eigenvalue weighted by Crippen LogP contribution is -2.25. The Balaban J connectivity index is 2.74. The van der Waals surface area contributed by atoms with E-state index in [0.29, 0.717) is 31.4 Å². The zero-order valence-electron chi connectivity index (χ0n) is 14.0. The number of ether oxygens (including phenoxy) is 2. The topological polar surface area (TPSA) is 47.6 Å². The van der Waals surface area contributed by atoms with Gasteiger partial charge < -0.3 is 14.8 Å². The van der Waals surface area contributed by atoms with Gasteiger partial charge in [-0.3, -0.25) is 4.79 Å². The number of nitrogens with one attached hydrogen (secondary N) is 1. The highest BCUT2D eigenvalue weighted by molar-refractivity contribution is 5.91. The Kier molecular flexibility index (Phi) is 8.11. The summed E-state index contributed by atoms with van der Waals surface area (Å²) in [7, 11) is 0. The summed E-state index contributed by atoms with van der Waals surface area (Å²) in [6.45, 7) is 10.0. The van der Waals surface area contributed by atoms with Gasteiger partial charge in [-0.2, -0.15) is 0 Å². The molecule has 22 heavy (non-hydrogen) atoms. The Morgan fingerprint density at radius 1 is 1.23 bits per heavy atom. The van der Waals surface area contributed by atoms with Crippen molar-refractivity contribution in [2.75, 3.05) is 19.8 Å². The summed E-state index contributed by atoms with van der Waals surface area (Å²) in [6.07, 6.45) is 4.27. The molecule has 0 saturated carbocycles. The summed E-state index contributed by atoms with van der Waals surface area (Å²) >= 11 is 0. The molecule has 0 aliphatic rings. The second-order valence-electron chi connectivity index (χ2n) is 5.46. The molecular formula is C18H27NO3. The van der Waals surface area contributed by atoms with Gasteiger partial charge in [0.1, 0.15) is 0 Å². The van der Waals surface area contributed by atoms with E-state index >= 15 is 0 Å². The van der Waals surface area contributed by atoms with E-state index in [0.717, 1.165) is 17.7 Å².